The standard InChI is InChI=1S/C16H14Cl2N2O2/c17-14-8-10-19-15(18)13(14)7-4-9-20-16(21)22-11-12-5-2-1-3-6-12/h1-8,10H,9,11H2,(H,20,21). The van der Waals surface area contributed by atoms with Crippen molar-refractivity contribution in [1.29, 1.82) is 0 Å². The highest BCUT2D eigenvalue weighted by molar-refractivity contribution is 6.36. The van der Waals surface area contributed by atoms with E-state index in [1.54, 1.807) is 18.2 Å². The Morgan fingerprint density at radius 3 is 2.73 bits per heavy atom. The van der Waals surface area contributed by atoms with E-state index < -0.39 is 6.09 Å². The molecule has 4 nitrogen and oxygen atoms in total. The summed E-state index contributed by atoms with van der Waals surface area (Å²) in [6.07, 6.45) is 4.46. The van der Waals surface area contributed by atoms with Gasteiger partial charge in [0.05, 0.1) is 5.02 Å². The van der Waals surface area contributed by atoms with Crippen LogP contribution in [-0.4, -0.2) is 17.6 Å². The SMILES string of the molecule is O=C(NCC=Cc1c(Cl)ccnc1Cl)OCc1ccccc1. The number of nitrogens with one attached hydrogen (secondary N) is 1. The van der Waals surface area contributed by atoms with E-state index >= 15 is 0 Å². The smallest absolute Gasteiger partial charge is 0.407 e. The van der Waals surface area contributed by atoms with Crippen LogP contribution in [-0.2, 0) is 11.3 Å². The first-order valence-electron chi connectivity index (χ1n) is 6.58. The molecule has 2 rings (SSSR count). The van der Waals surface area contributed by atoms with Crippen molar-refractivity contribution in [3.05, 3.63) is 70.0 Å². The number of benzene rings is 1. The number of carbonyl (C=O) groups is 1. The van der Waals surface area contributed by atoms with Gasteiger partial charge < -0.3 is 10.1 Å². The van der Waals surface area contributed by atoms with E-state index in [0.717, 1.165) is 5.56 Å². The fourth-order valence-corrected chi connectivity index (χ4v) is 2.15. The third kappa shape index (κ3) is 5.06. The molecule has 1 aromatic heterocycles. The number of ether oxygens (including phenoxy) is 1. The molecule has 22 heavy (non-hydrogen) atoms. The van der Waals surface area contributed by atoms with Crippen molar-refractivity contribution < 1.29 is 9.53 Å². The number of carbonyl (C=O) groups excluding carboxylic acids is 1. The van der Waals surface area contributed by atoms with Gasteiger partial charge in [0, 0.05) is 18.3 Å². The van der Waals surface area contributed by atoms with Crippen LogP contribution < -0.4 is 5.32 Å². The lowest BCUT2D eigenvalue weighted by atomic mass is 10.2. The summed E-state index contributed by atoms with van der Waals surface area (Å²) >= 11 is 11.9. The van der Waals surface area contributed by atoms with Gasteiger partial charge in [0.2, 0.25) is 0 Å². The molecule has 1 N–H and O–H groups in total. The Balaban J connectivity index is 1.76. The number of hydrogen-bond acceptors (Lipinski definition) is 3. The first kappa shape index (κ1) is 16.3. The zero-order chi connectivity index (χ0) is 15.8. The molecule has 0 unspecified atom stereocenters. The van der Waals surface area contributed by atoms with E-state index in [2.05, 4.69) is 10.3 Å². The number of aromatic nitrogens is 1. The molecular weight excluding hydrogens is 323 g/mol. The Hall–Kier alpha value is -2.04. The van der Waals surface area contributed by atoms with E-state index in [1.165, 1.54) is 6.20 Å². The summed E-state index contributed by atoms with van der Waals surface area (Å²) in [7, 11) is 0. The van der Waals surface area contributed by atoms with Crippen LogP contribution in [0.15, 0.2) is 48.7 Å². The Labute approximate surface area is 138 Å². The number of nitrogens with zero attached hydrogens (tertiary/aromatic N) is 1. The number of amides is 1. The van der Waals surface area contributed by atoms with Crippen molar-refractivity contribution in [2.45, 2.75) is 6.61 Å². The van der Waals surface area contributed by atoms with Gasteiger partial charge in [-0.1, -0.05) is 65.7 Å². The van der Waals surface area contributed by atoms with Gasteiger partial charge in [-0.15, -0.1) is 0 Å². The molecule has 0 bridgehead atoms. The van der Waals surface area contributed by atoms with Crippen molar-refractivity contribution in [3.8, 4) is 0 Å². The van der Waals surface area contributed by atoms with Crippen LogP contribution in [0.2, 0.25) is 10.2 Å². The highest BCUT2D eigenvalue weighted by atomic mass is 35.5. The van der Waals surface area contributed by atoms with Gasteiger partial charge in [-0.3, -0.25) is 0 Å². The van der Waals surface area contributed by atoms with Gasteiger partial charge in [-0.05, 0) is 11.6 Å². The summed E-state index contributed by atoms with van der Waals surface area (Å²) in [6, 6.07) is 11.1. The molecule has 0 fully saturated rings. The van der Waals surface area contributed by atoms with Crippen LogP contribution >= 0.6 is 23.2 Å². The molecule has 0 saturated heterocycles. The molecule has 1 aromatic carbocycles. The lowest BCUT2D eigenvalue weighted by Crippen LogP contribution is -2.24. The molecule has 0 aliphatic carbocycles. The largest absolute Gasteiger partial charge is 0.445 e. The zero-order valence-electron chi connectivity index (χ0n) is 11.6. The van der Waals surface area contributed by atoms with Crippen molar-refractivity contribution in [1.82, 2.24) is 10.3 Å². The Morgan fingerprint density at radius 1 is 1.23 bits per heavy atom. The van der Waals surface area contributed by atoms with Crippen molar-refractivity contribution >= 4 is 35.4 Å². The number of hydrogen-bond donors (Lipinski definition) is 1. The van der Waals surface area contributed by atoms with Gasteiger partial charge >= 0.3 is 6.09 Å². The number of pyridine rings is 1. The maximum absolute atomic E-state index is 11.5. The highest BCUT2D eigenvalue weighted by Crippen LogP contribution is 2.22. The predicted molar refractivity (Wildman–Crippen MR) is 87.9 cm³/mol. The lowest BCUT2D eigenvalue weighted by molar-refractivity contribution is 0.141. The molecule has 0 aliphatic rings. The zero-order valence-corrected chi connectivity index (χ0v) is 13.1. The number of alkyl carbamates (subject to hydrolysis) is 1. The third-order valence-corrected chi connectivity index (χ3v) is 3.38. The Bertz CT molecular complexity index is 640. The summed E-state index contributed by atoms with van der Waals surface area (Å²) in [5, 5.41) is 3.43. The predicted octanol–water partition coefficient (Wildman–Crippen LogP) is 4.33. The summed E-state index contributed by atoms with van der Waals surface area (Å²) < 4.78 is 5.08. The fraction of sp³-hybridized carbons (Fsp3) is 0.125. The van der Waals surface area contributed by atoms with Crippen LogP contribution in [0.4, 0.5) is 4.79 Å². The molecule has 114 valence electrons. The van der Waals surface area contributed by atoms with Gasteiger partial charge in [0.15, 0.2) is 0 Å². The Kier molecular flexibility index (Phi) is 6.25. The molecule has 0 radical (unpaired) electrons. The number of halogens is 2. The quantitative estimate of drug-likeness (QED) is 0.827. The fourth-order valence-electron chi connectivity index (χ4n) is 1.67. The van der Waals surface area contributed by atoms with Gasteiger partial charge in [-0.25, -0.2) is 9.78 Å². The van der Waals surface area contributed by atoms with E-state index in [4.69, 9.17) is 27.9 Å². The summed E-state index contributed by atoms with van der Waals surface area (Å²) in [6.45, 7) is 0.534. The summed E-state index contributed by atoms with van der Waals surface area (Å²) in [5.41, 5.74) is 1.55. The monoisotopic (exact) mass is 336 g/mol. The van der Waals surface area contributed by atoms with Crippen LogP contribution in [0.3, 0.4) is 0 Å². The summed E-state index contributed by atoms with van der Waals surface area (Å²) in [5.74, 6) is 0. The van der Waals surface area contributed by atoms with E-state index in [-0.39, 0.29) is 6.61 Å². The molecular formula is C16H14Cl2N2O2. The first-order chi connectivity index (χ1) is 10.7. The number of rotatable bonds is 5. The maximum atomic E-state index is 11.5. The molecule has 6 heteroatoms. The minimum Gasteiger partial charge on any atom is -0.445 e. The molecule has 1 heterocycles. The van der Waals surface area contributed by atoms with Crippen molar-refractivity contribution in [3.63, 3.8) is 0 Å². The normalized spacial score (nSPS) is 10.6. The first-order valence-corrected chi connectivity index (χ1v) is 7.33. The maximum Gasteiger partial charge on any atom is 0.407 e. The highest BCUT2D eigenvalue weighted by Gasteiger charge is 2.03. The van der Waals surface area contributed by atoms with Crippen LogP contribution in [0.1, 0.15) is 11.1 Å². The average molecular weight is 337 g/mol. The topological polar surface area (TPSA) is 51.2 Å². The van der Waals surface area contributed by atoms with Crippen molar-refractivity contribution in [2.75, 3.05) is 6.54 Å². The molecule has 0 spiro atoms. The Morgan fingerprint density at radius 2 is 2.00 bits per heavy atom. The van der Waals surface area contributed by atoms with E-state index in [9.17, 15) is 4.79 Å². The molecule has 1 amide bonds. The van der Waals surface area contributed by atoms with Gasteiger partial charge in [-0.2, -0.15) is 0 Å². The van der Waals surface area contributed by atoms with Crippen molar-refractivity contribution in [2.24, 2.45) is 0 Å². The molecule has 0 saturated carbocycles. The molecule has 0 aliphatic heterocycles. The van der Waals surface area contributed by atoms with E-state index in [0.29, 0.717) is 22.3 Å². The van der Waals surface area contributed by atoms with E-state index in [1.807, 2.05) is 30.3 Å². The van der Waals surface area contributed by atoms with Crippen LogP contribution in [0.25, 0.3) is 6.08 Å². The minimum absolute atomic E-state index is 0.233. The molecule has 0 atom stereocenters. The minimum atomic E-state index is -0.489. The second kappa shape index (κ2) is 8.41. The van der Waals surface area contributed by atoms with Crippen LogP contribution in [0, 0.1) is 0 Å². The van der Waals surface area contributed by atoms with Gasteiger partial charge in [0.25, 0.3) is 0 Å². The molecule has 2 aromatic rings. The third-order valence-electron chi connectivity index (χ3n) is 2.75. The average Bonchev–Trinajstić information content (AvgIpc) is 2.53. The summed E-state index contributed by atoms with van der Waals surface area (Å²) in [4.78, 5) is 15.5. The second-order valence-electron chi connectivity index (χ2n) is 4.34. The lowest BCUT2D eigenvalue weighted by Gasteiger charge is -2.05. The van der Waals surface area contributed by atoms with Crippen LogP contribution in [0.5, 0.6) is 0 Å². The second-order valence-corrected chi connectivity index (χ2v) is 5.11. The van der Waals surface area contributed by atoms with Gasteiger partial charge in [0.1, 0.15) is 11.8 Å².